The van der Waals surface area contributed by atoms with Gasteiger partial charge in [-0.3, -0.25) is 0 Å². The molecule has 0 aliphatic heterocycles. The lowest BCUT2D eigenvalue weighted by atomic mass is 10.1. The molecule has 0 spiro atoms. The molecular formula is C14H17N4S. The van der Waals surface area contributed by atoms with Gasteiger partial charge in [0, 0.05) is 29.0 Å². The SMILES string of the molecule is CN(C)CCSc1[c]ccc(-c2ccnc(N)n2)c1. The summed E-state index contributed by atoms with van der Waals surface area (Å²) in [6.07, 6.45) is 1.67. The average molecular weight is 273 g/mol. The van der Waals surface area contributed by atoms with E-state index in [1.165, 1.54) is 0 Å². The van der Waals surface area contributed by atoms with Crippen LogP contribution in [-0.4, -0.2) is 41.3 Å². The van der Waals surface area contributed by atoms with E-state index in [1.54, 1.807) is 18.0 Å². The van der Waals surface area contributed by atoms with E-state index in [0.29, 0.717) is 5.95 Å². The summed E-state index contributed by atoms with van der Waals surface area (Å²) in [7, 11) is 4.15. The van der Waals surface area contributed by atoms with Gasteiger partial charge in [-0.1, -0.05) is 12.1 Å². The molecule has 0 unspecified atom stereocenters. The van der Waals surface area contributed by atoms with Crippen molar-refractivity contribution >= 4 is 17.7 Å². The van der Waals surface area contributed by atoms with E-state index in [9.17, 15) is 0 Å². The molecule has 4 nitrogen and oxygen atoms in total. The van der Waals surface area contributed by atoms with Gasteiger partial charge in [0.2, 0.25) is 5.95 Å². The number of nitrogen functional groups attached to an aromatic ring is 1. The number of thioether (sulfide) groups is 1. The fraction of sp³-hybridized carbons (Fsp3) is 0.286. The molecule has 0 saturated heterocycles. The Hall–Kier alpha value is -1.59. The number of aromatic nitrogens is 2. The second-order valence-electron chi connectivity index (χ2n) is 4.39. The smallest absolute Gasteiger partial charge is 0.220 e. The highest BCUT2D eigenvalue weighted by Gasteiger charge is 2.02. The van der Waals surface area contributed by atoms with Gasteiger partial charge in [0.05, 0.1) is 5.69 Å². The molecule has 0 fully saturated rings. The Morgan fingerprint density at radius 2 is 2.21 bits per heavy atom. The minimum Gasteiger partial charge on any atom is -0.368 e. The van der Waals surface area contributed by atoms with Gasteiger partial charge in [-0.2, -0.15) is 0 Å². The van der Waals surface area contributed by atoms with Crippen LogP contribution in [0.1, 0.15) is 0 Å². The molecule has 2 rings (SSSR count). The van der Waals surface area contributed by atoms with E-state index in [1.807, 2.05) is 18.2 Å². The van der Waals surface area contributed by atoms with Crippen molar-refractivity contribution < 1.29 is 0 Å². The largest absolute Gasteiger partial charge is 0.368 e. The third kappa shape index (κ3) is 4.22. The first-order chi connectivity index (χ1) is 9.15. The molecule has 1 aromatic carbocycles. The van der Waals surface area contributed by atoms with E-state index in [4.69, 9.17) is 5.73 Å². The van der Waals surface area contributed by atoms with Gasteiger partial charge < -0.3 is 10.6 Å². The van der Waals surface area contributed by atoms with Crippen molar-refractivity contribution in [1.82, 2.24) is 14.9 Å². The lowest BCUT2D eigenvalue weighted by Gasteiger charge is -2.09. The average Bonchev–Trinajstić information content (AvgIpc) is 2.39. The van der Waals surface area contributed by atoms with Crippen LogP contribution in [0.2, 0.25) is 0 Å². The first-order valence-electron chi connectivity index (χ1n) is 6.03. The molecule has 1 heterocycles. The zero-order valence-electron chi connectivity index (χ0n) is 11.1. The predicted molar refractivity (Wildman–Crippen MR) is 80.0 cm³/mol. The van der Waals surface area contributed by atoms with Crippen LogP contribution in [-0.2, 0) is 0 Å². The van der Waals surface area contributed by atoms with Crippen molar-refractivity contribution in [3.05, 3.63) is 36.5 Å². The predicted octanol–water partition coefficient (Wildman–Crippen LogP) is 2.18. The van der Waals surface area contributed by atoms with E-state index in [0.717, 1.165) is 28.5 Å². The first-order valence-corrected chi connectivity index (χ1v) is 7.02. The summed E-state index contributed by atoms with van der Waals surface area (Å²) in [6, 6.07) is 11.1. The minimum atomic E-state index is 0.298. The Balaban J connectivity index is 2.11. The fourth-order valence-electron chi connectivity index (χ4n) is 1.56. The van der Waals surface area contributed by atoms with Crippen molar-refractivity contribution in [3.8, 4) is 11.3 Å². The first kappa shape index (κ1) is 13.8. The Labute approximate surface area is 118 Å². The third-order valence-corrected chi connectivity index (χ3v) is 3.47. The van der Waals surface area contributed by atoms with Crippen molar-refractivity contribution in [2.75, 3.05) is 32.1 Å². The van der Waals surface area contributed by atoms with Gasteiger partial charge in [-0.05, 0) is 32.3 Å². The molecule has 0 amide bonds. The summed E-state index contributed by atoms with van der Waals surface area (Å²) in [5.41, 5.74) is 7.49. The van der Waals surface area contributed by atoms with E-state index in [-0.39, 0.29) is 0 Å². The standard InChI is InChI=1S/C14H17N4S/c1-18(2)8-9-19-12-5-3-4-11(10-12)13-6-7-16-14(15)17-13/h3-4,6-7,10H,8-9H2,1-2H3,(H2,15,16,17). The number of nitrogens with zero attached hydrogens (tertiary/aromatic N) is 3. The normalized spacial score (nSPS) is 10.9. The molecule has 0 bridgehead atoms. The highest BCUT2D eigenvalue weighted by molar-refractivity contribution is 7.99. The fourth-order valence-corrected chi connectivity index (χ4v) is 2.60. The zero-order valence-corrected chi connectivity index (χ0v) is 11.9. The van der Waals surface area contributed by atoms with Crippen LogP contribution >= 0.6 is 11.8 Å². The highest BCUT2D eigenvalue weighted by atomic mass is 32.2. The summed E-state index contributed by atoms with van der Waals surface area (Å²) < 4.78 is 0. The van der Waals surface area contributed by atoms with E-state index >= 15 is 0 Å². The summed E-state index contributed by atoms with van der Waals surface area (Å²) in [6.45, 7) is 1.04. The second kappa shape index (κ2) is 6.54. The molecule has 0 aliphatic carbocycles. The van der Waals surface area contributed by atoms with Crippen LogP contribution in [0.4, 0.5) is 5.95 Å². The summed E-state index contributed by atoms with van der Waals surface area (Å²) in [5.74, 6) is 1.34. The van der Waals surface area contributed by atoms with Gasteiger partial charge >= 0.3 is 0 Å². The maximum atomic E-state index is 5.61. The molecule has 19 heavy (non-hydrogen) atoms. The van der Waals surface area contributed by atoms with Gasteiger partial charge in [-0.15, -0.1) is 11.8 Å². The molecule has 0 atom stereocenters. The Bertz CT molecular complexity index is 542. The molecule has 2 aromatic rings. The monoisotopic (exact) mass is 273 g/mol. The van der Waals surface area contributed by atoms with Crippen LogP contribution in [0.5, 0.6) is 0 Å². The second-order valence-corrected chi connectivity index (χ2v) is 5.53. The van der Waals surface area contributed by atoms with Crippen molar-refractivity contribution in [1.29, 1.82) is 0 Å². The molecule has 5 heteroatoms. The maximum absolute atomic E-state index is 5.61. The van der Waals surface area contributed by atoms with Gasteiger partial charge in [0.15, 0.2) is 0 Å². The number of hydrogen-bond donors (Lipinski definition) is 1. The number of hydrogen-bond acceptors (Lipinski definition) is 5. The highest BCUT2D eigenvalue weighted by Crippen LogP contribution is 2.24. The Morgan fingerprint density at radius 1 is 1.37 bits per heavy atom. The van der Waals surface area contributed by atoms with Crippen LogP contribution < -0.4 is 5.73 Å². The molecule has 0 saturated carbocycles. The zero-order chi connectivity index (χ0) is 13.7. The molecule has 1 radical (unpaired) electrons. The molecule has 99 valence electrons. The van der Waals surface area contributed by atoms with Crippen LogP contribution in [0, 0.1) is 6.07 Å². The number of nitrogens with two attached hydrogens (primary N) is 1. The summed E-state index contributed by atoms with van der Waals surface area (Å²) in [4.78, 5) is 11.4. The lowest BCUT2D eigenvalue weighted by molar-refractivity contribution is 0.437. The van der Waals surface area contributed by atoms with Crippen molar-refractivity contribution in [2.24, 2.45) is 0 Å². The van der Waals surface area contributed by atoms with Gasteiger partial charge in [0.25, 0.3) is 0 Å². The van der Waals surface area contributed by atoms with E-state index < -0.39 is 0 Å². The molecule has 0 aliphatic rings. The third-order valence-electron chi connectivity index (χ3n) is 2.54. The number of anilines is 1. The Morgan fingerprint density at radius 3 is 2.95 bits per heavy atom. The minimum absolute atomic E-state index is 0.298. The summed E-state index contributed by atoms with van der Waals surface area (Å²) in [5, 5.41) is 0. The van der Waals surface area contributed by atoms with Crippen LogP contribution in [0.15, 0.2) is 35.4 Å². The van der Waals surface area contributed by atoms with Crippen molar-refractivity contribution in [2.45, 2.75) is 4.90 Å². The Kier molecular flexibility index (Phi) is 4.76. The number of rotatable bonds is 5. The van der Waals surface area contributed by atoms with Crippen molar-refractivity contribution in [3.63, 3.8) is 0 Å². The van der Waals surface area contributed by atoms with Gasteiger partial charge in [0.1, 0.15) is 0 Å². The summed E-state index contributed by atoms with van der Waals surface area (Å²) >= 11 is 1.79. The van der Waals surface area contributed by atoms with E-state index in [2.05, 4.69) is 41.1 Å². The lowest BCUT2D eigenvalue weighted by Crippen LogP contribution is -2.14. The van der Waals surface area contributed by atoms with Crippen LogP contribution in [0.3, 0.4) is 0 Å². The number of benzene rings is 1. The maximum Gasteiger partial charge on any atom is 0.220 e. The quantitative estimate of drug-likeness (QED) is 0.846. The topological polar surface area (TPSA) is 55.0 Å². The molecule has 2 N–H and O–H groups in total. The molecule has 1 aromatic heterocycles. The van der Waals surface area contributed by atoms with Gasteiger partial charge in [-0.25, -0.2) is 9.97 Å². The van der Waals surface area contributed by atoms with Crippen LogP contribution in [0.25, 0.3) is 11.3 Å². The molecular weight excluding hydrogens is 256 g/mol.